The number of pyridine rings is 1. The summed E-state index contributed by atoms with van der Waals surface area (Å²) in [7, 11) is 3.57. The van der Waals surface area contributed by atoms with Crippen molar-refractivity contribution in [2.24, 2.45) is 5.92 Å². The van der Waals surface area contributed by atoms with E-state index in [0.29, 0.717) is 49.2 Å². The van der Waals surface area contributed by atoms with Crippen molar-refractivity contribution < 1.29 is 33.1 Å². The molecule has 2 aliphatic carbocycles. The second-order valence-electron chi connectivity index (χ2n) is 22.8. The number of nitrogens with one attached hydrogen (secondary N) is 2. The van der Waals surface area contributed by atoms with Crippen LogP contribution in [0.4, 0.5) is 20.2 Å². The number of imide groups is 1. The fourth-order valence-electron chi connectivity index (χ4n) is 12.3. The molecule has 2 saturated carbocycles. The summed E-state index contributed by atoms with van der Waals surface area (Å²) in [5.41, 5.74) is 8.76. The van der Waals surface area contributed by atoms with Crippen LogP contribution in [-0.4, -0.2) is 101 Å². The third-order valence-corrected chi connectivity index (χ3v) is 17.2. The molecule has 2 atom stereocenters. The molecule has 0 bridgehead atoms. The summed E-state index contributed by atoms with van der Waals surface area (Å²) in [5, 5.41) is 15.6. The fraction of sp³-hybridized carbons (Fsp3) is 0.554. The van der Waals surface area contributed by atoms with Gasteiger partial charge in [0.1, 0.15) is 11.9 Å². The zero-order valence-electron chi connectivity index (χ0n) is 49.5. The summed E-state index contributed by atoms with van der Waals surface area (Å²) in [4.78, 5) is 67.1. The van der Waals surface area contributed by atoms with E-state index in [0.717, 1.165) is 89.4 Å². The second-order valence-corrected chi connectivity index (χ2v) is 22.8. The van der Waals surface area contributed by atoms with Gasteiger partial charge in [0.15, 0.2) is 17.4 Å². The molecule has 1 spiro atoms. The van der Waals surface area contributed by atoms with Crippen LogP contribution in [0.25, 0.3) is 11.3 Å². The zero-order valence-corrected chi connectivity index (χ0v) is 49.5. The van der Waals surface area contributed by atoms with Gasteiger partial charge in [0.2, 0.25) is 11.8 Å². The number of carbonyl (C=O) groups excluding carboxylic acids is 4. The Bertz CT molecular complexity index is 2880. The first-order valence-corrected chi connectivity index (χ1v) is 29.3. The minimum Gasteiger partial charge on any atom is -0.390 e. The van der Waals surface area contributed by atoms with Gasteiger partial charge in [-0.15, -0.1) is 0 Å². The Morgan fingerprint density at radius 2 is 1.58 bits per heavy atom. The number of piperidine rings is 1. The van der Waals surface area contributed by atoms with Crippen molar-refractivity contribution >= 4 is 46.0 Å². The molecule has 2 amide bonds. The largest absolute Gasteiger partial charge is 0.390 e. The van der Waals surface area contributed by atoms with Crippen molar-refractivity contribution in [3.05, 3.63) is 127 Å². The SMILES string of the molecule is CC.CCCC(CCC)CC1(O)CCCCC1.CNc1cc(=O)n(C2=CCN(C)C(C)=C2/C=C(\C)C(C)N2CC=C(c3c(C)cc(C(C)=O)cc3F)CC2)cc1F.Cc1ccc2c(c1)C1(CC1)C(=O)CN2C1CCC(=O)NC1=O. The maximum absolute atomic E-state index is 15.0. The molecule has 6 aliphatic rings. The normalized spacial score (nSPS) is 20.1. The Morgan fingerprint density at radius 3 is 2.16 bits per heavy atom. The van der Waals surface area contributed by atoms with Crippen molar-refractivity contribution in [1.82, 2.24) is 19.7 Å². The lowest BCUT2D eigenvalue weighted by molar-refractivity contribution is -0.134. The van der Waals surface area contributed by atoms with E-state index in [1.54, 1.807) is 13.1 Å². The van der Waals surface area contributed by atoms with Crippen molar-refractivity contribution in [1.29, 1.82) is 0 Å². The fourth-order valence-corrected chi connectivity index (χ4v) is 12.3. The Kier molecular flexibility index (Phi) is 21.6. The summed E-state index contributed by atoms with van der Waals surface area (Å²) < 4.78 is 31.0. The molecule has 5 heterocycles. The number of rotatable bonds is 14. The first-order valence-electron chi connectivity index (χ1n) is 29.3. The quantitative estimate of drug-likeness (QED) is 0.105. The number of fused-ring (bicyclic) bond motifs is 2. The molecule has 0 radical (unpaired) electrons. The molecule has 2 aromatic carbocycles. The molecule has 3 N–H and O–H groups in total. The number of nitrogens with zero attached hydrogens (tertiary/aromatic N) is 4. The minimum absolute atomic E-state index is 0.0812. The number of halogens is 2. The average Bonchev–Trinajstić information content (AvgIpc) is 4.41. The third-order valence-electron chi connectivity index (χ3n) is 17.2. The lowest BCUT2D eigenvalue weighted by Gasteiger charge is -2.40. The number of hydrogen-bond donors (Lipinski definition) is 3. The van der Waals surface area contributed by atoms with Gasteiger partial charge in [-0.05, 0) is 133 Å². The lowest BCUT2D eigenvalue weighted by Crippen LogP contribution is -2.56. The predicted octanol–water partition coefficient (Wildman–Crippen LogP) is 12.4. The highest BCUT2D eigenvalue weighted by atomic mass is 19.1. The van der Waals surface area contributed by atoms with Crippen LogP contribution in [0.3, 0.4) is 0 Å². The Hall–Kier alpha value is -5.99. The second kappa shape index (κ2) is 27.5. The number of allylic oxidation sites excluding steroid dienone is 4. The Labute approximate surface area is 469 Å². The van der Waals surface area contributed by atoms with E-state index in [1.807, 2.05) is 64.8 Å². The molecular formula is C65H90F2N6O6. The van der Waals surface area contributed by atoms with Crippen LogP contribution >= 0.6 is 0 Å². The van der Waals surface area contributed by atoms with Gasteiger partial charge in [-0.1, -0.05) is 108 Å². The molecule has 12 nitrogen and oxygen atoms in total. The molecule has 430 valence electrons. The zero-order chi connectivity index (χ0) is 57.9. The summed E-state index contributed by atoms with van der Waals surface area (Å²) in [6.45, 7) is 22.3. The number of anilines is 2. The average molecular weight is 1090 g/mol. The minimum atomic E-state index is -0.494. The monoisotopic (exact) mass is 1090 g/mol. The number of aryl methyl sites for hydroxylation is 2. The van der Waals surface area contributed by atoms with Crippen LogP contribution < -0.4 is 21.1 Å². The first-order chi connectivity index (χ1) is 37.6. The number of hydrogen-bond acceptors (Lipinski definition) is 10. The van der Waals surface area contributed by atoms with Gasteiger partial charge in [-0.2, -0.15) is 0 Å². The molecular weight excluding hydrogens is 999 g/mol. The molecule has 1 saturated heterocycles. The topological polar surface area (TPSA) is 144 Å². The van der Waals surface area contributed by atoms with E-state index in [-0.39, 0.29) is 64.0 Å². The van der Waals surface area contributed by atoms with Crippen LogP contribution in [0.15, 0.2) is 82.5 Å². The molecule has 9 rings (SSSR count). The molecule has 3 fully saturated rings. The lowest BCUT2D eigenvalue weighted by atomic mass is 9.76. The van der Waals surface area contributed by atoms with Gasteiger partial charge in [-0.25, -0.2) is 8.78 Å². The van der Waals surface area contributed by atoms with Crippen molar-refractivity contribution in [2.45, 2.75) is 189 Å². The number of likely N-dealkylation sites (N-methyl/N-ethyl adjacent to an activating group) is 1. The van der Waals surface area contributed by atoms with Gasteiger partial charge in [0.25, 0.3) is 5.56 Å². The highest BCUT2D eigenvalue weighted by Crippen LogP contribution is 2.55. The predicted molar refractivity (Wildman–Crippen MR) is 316 cm³/mol. The van der Waals surface area contributed by atoms with Gasteiger partial charge in [0, 0.05) is 80.3 Å². The number of carbonyl (C=O) groups is 4. The van der Waals surface area contributed by atoms with E-state index in [1.165, 1.54) is 74.8 Å². The number of ketones is 2. The van der Waals surface area contributed by atoms with Crippen molar-refractivity contribution in [2.75, 3.05) is 50.5 Å². The standard InChI is InChI=1S/C32H38F2N4O2.C17H18N2O3.C14H28O.C2H6/c1-19(15-26-22(4)36(7)11-10-30(26)38-18-28(34)29(35-6)17-31(38)40)21(3)37-12-8-24(9-13-37)32-20(2)14-25(23(5)39)16-27(32)33;1-10-2-3-12-11(8-10)17(6-7-17)14(20)9-19(12)13-4-5-15(21)18-16(13)22;1-3-8-13(9-4-2)12-14(15)10-6-5-7-11-14;1-2/h8,10,14-18,21,35H,9,11-13H2,1-7H3;2-3,8,13H,4-7,9H2,1H3,(H,18,21,22);13,15H,3-12H2,1-2H3;1-2H3/b19-15+;;;. The van der Waals surface area contributed by atoms with E-state index in [4.69, 9.17) is 0 Å². The summed E-state index contributed by atoms with van der Waals surface area (Å²) in [5.74, 6) is -0.544. The highest BCUT2D eigenvalue weighted by Gasteiger charge is 2.56. The molecule has 4 aliphatic heterocycles. The van der Waals surface area contributed by atoms with Crippen molar-refractivity contribution in [3.63, 3.8) is 0 Å². The van der Waals surface area contributed by atoms with Crippen LogP contribution in [0.1, 0.15) is 184 Å². The van der Waals surface area contributed by atoms with Crippen molar-refractivity contribution in [3.8, 4) is 0 Å². The molecule has 2 unspecified atom stereocenters. The Balaban J connectivity index is 0.000000215. The number of amides is 2. The number of Topliss-reactive ketones (excluding diaryl/α,β-unsaturated/α-hetero) is 2. The van der Waals surface area contributed by atoms with Crippen LogP contribution in [0.2, 0.25) is 0 Å². The number of aromatic nitrogens is 1. The van der Waals surface area contributed by atoms with E-state index >= 15 is 0 Å². The highest BCUT2D eigenvalue weighted by molar-refractivity contribution is 6.06. The van der Waals surface area contributed by atoms with Crippen LogP contribution in [-0.2, 0) is 19.8 Å². The molecule has 79 heavy (non-hydrogen) atoms. The molecule has 14 heteroatoms. The Morgan fingerprint density at radius 1 is 0.899 bits per heavy atom. The maximum atomic E-state index is 15.0. The van der Waals surface area contributed by atoms with Crippen LogP contribution in [0.5, 0.6) is 0 Å². The van der Waals surface area contributed by atoms with Gasteiger partial charge >= 0.3 is 0 Å². The number of aliphatic hydroxyl groups is 1. The summed E-state index contributed by atoms with van der Waals surface area (Å²) in [6, 6.07) is 10.1. The van der Waals surface area contributed by atoms with Gasteiger partial charge < -0.3 is 20.2 Å². The summed E-state index contributed by atoms with van der Waals surface area (Å²) in [6.07, 6.45) is 22.8. The summed E-state index contributed by atoms with van der Waals surface area (Å²) >= 11 is 0. The molecule has 3 aromatic rings. The van der Waals surface area contributed by atoms with Gasteiger partial charge in [0.05, 0.1) is 35.1 Å². The maximum Gasteiger partial charge on any atom is 0.257 e. The van der Waals surface area contributed by atoms with Gasteiger partial charge in [-0.3, -0.25) is 38.8 Å². The van der Waals surface area contributed by atoms with E-state index in [9.17, 15) is 37.9 Å². The third kappa shape index (κ3) is 14.7. The van der Waals surface area contributed by atoms with E-state index < -0.39 is 11.9 Å². The first kappa shape index (κ1) is 62.2. The smallest absolute Gasteiger partial charge is 0.257 e. The van der Waals surface area contributed by atoms with E-state index in [2.05, 4.69) is 66.3 Å². The van der Waals surface area contributed by atoms with Crippen LogP contribution in [0, 0.1) is 31.4 Å². The molecule has 1 aromatic heterocycles. The number of benzene rings is 2.